The van der Waals surface area contributed by atoms with Gasteiger partial charge in [-0.3, -0.25) is 57.5 Å². The molecule has 12 amide bonds. The number of hydrogen-bond acceptors (Lipinski definition) is 12. The molecule has 7 aliphatic rings. The van der Waals surface area contributed by atoms with Crippen LogP contribution in [-0.2, 0) is 57.5 Å². The molecule has 0 aromatic heterocycles. The number of nitrogens with zero attached hydrogens (tertiary/aromatic N) is 9. The molecule has 3 saturated heterocycles. The lowest BCUT2D eigenvalue weighted by Gasteiger charge is -2.42. The van der Waals surface area contributed by atoms with E-state index in [1.54, 1.807) is 25.7 Å². The third-order valence-corrected chi connectivity index (χ3v) is 23.6. The summed E-state index contributed by atoms with van der Waals surface area (Å²) < 4.78 is 42.0. The van der Waals surface area contributed by atoms with Crippen LogP contribution >= 0.6 is 11.6 Å². The standard InChI is InChI=1S/C71H114ClF3N12O12/c1-12-45(4)60-67(97)81(7)42-58(90)79(5)43-59(91)83(9)54(39-46-23-15-13-16-24-46)65(95)80(6)41-56(88)76-51(31-29-48-28-30-49(50(72)37-48)71(73,74)75)64(94)87-36-22-27-52(87)63(93)78-70(32-17-18-33-70)69(99)85(11)61(44(2)3)68(98)84(10)55(66(96)86-34-19-14-20-35-86)40-57(89)82(8)53(62(92)77-60)38-47-25-21-26-47/h44-55,60-61H,12-43H2,1-11H3,(H,76,88)(H,77,92)(H,78,93)/t45-,48?,49?,50?,51-,52-,53-,54-,55-,60-,61-/m0/s1. The molecule has 3 unspecified atom stereocenters. The molecular formula is C71H114ClF3N12O12. The van der Waals surface area contributed by atoms with Crippen molar-refractivity contribution in [1.82, 2.24) is 60.0 Å². The lowest BCUT2D eigenvalue weighted by molar-refractivity contribution is -0.182. The molecule has 4 saturated carbocycles. The Morgan fingerprint density at radius 3 is 1.74 bits per heavy atom. The SMILES string of the molecule is CC[C@H](C)[C@@H]1NC(=O)[C@H](CC2CCC2)N(C)C(=O)C[C@@H](C(=O)N2CCCCC2)N(C)C(=O)[C@H](C(C)C)N(C)C(=O)C2(CCCC2)NC(=O)[C@@H]2CCCN2C(=O)[C@H](CCC2CCC(C(F)(F)F)C(Cl)C2)NC(=O)CN(C)C(=O)[C@H](CC2CCCCC2)N(C)C(=O)CN(C)C(=O)CN(C)C1=O. The molecule has 0 aromatic carbocycles. The van der Waals surface area contributed by atoms with Crippen molar-refractivity contribution in [3.63, 3.8) is 0 Å². The number of halogens is 4. The Labute approximate surface area is 588 Å². The Kier molecular flexibility index (Phi) is 28.7. The largest absolute Gasteiger partial charge is 0.393 e. The number of fused-ring (bicyclic) bond motifs is 1. The monoisotopic (exact) mass is 1420 g/mol. The van der Waals surface area contributed by atoms with E-state index >= 15 is 24.0 Å². The summed E-state index contributed by atoms with van der Waals surface area (Å²) in [6.45, 7) is 6.34. The third-order valence-electron chi connectivity index (χ3n) is 23.1. The number of rotatable bonds is 11. The number of likely N-dealkylation sites (tertiary alicyclic amines) is 1. The van der Waals surface area contributed by atoms with Crippen LogP contribution in [0, 0.1) is 35.5 Å². The molecule has 7 rings (SSSR count). The van der Waals surface area contributed by atoms with Gasteiger partial charge >= 0.3 is 6.18 Å². The lowest BCUT2D eigenvalue weighted by atomic mass is 9.78. The second kappa shape index (κ2) is 35.5. The summed E-state index contributed by atoms with van der Waals surface area (Å²) >= 11 is 6.39. The first-order valence-electron chi connectivity index (χ1n) is 36.7. The fourth-order valence-corrected chi connectivity index (χ4v) is 16.7. The zero-order chi connectivity index (χ0) is 73.0. The van der Waals surface area contributed by atoms with Gasteiger partial charge in [-0.1, -0.05) is 98.3 Å². The quantitative estimate of drug-likeness (QED) is 0.210. The number of likely N-dealkylation sites (N-methyl/N-ethyl adjacent to an activating group) is 7. The van der Waals surface area contributed by atoms with Crippen LogP contribution in [0.25, 0.3) is 0 Å². The molecular weight excluding hydrogens is 1310 g/mol. The van der Waals surface area contributed by atoms with Crippen molar-refractivity contribution >= 4 is 82.5 Å². The number of piperidine rings is 1. The molecule has 3 heterocycles. The van der Waals surface area contributed by atoms with Gasteiger partial charge in [0.05, 0.1) is 32.0 Å². The van der Waals surface area contributed by atoms with Gasteiger partial charge in [0.2, 0.25) is 70.9 Å². The lowest BCUT2D eigenvalue weighted by Crippen LogP contribution is -2.65. The minimum atomic E-state index is -4.51. The van der Waals surface area contributed by atoms with Crippen molar-refractivity contribution in [1.29, 1.82) is 0 Å². The van der Waals surface area contributed by atoms with E-state index in [9.17, 15) is 46.7 Å². The summed E-state index contributed by atoms with van der Waals surface area (Å²) in [5, 5.41) is 7.60. The molecule has 3 aliphatic heterocycles. The minimum absolute atomic E-state index is 0.000943. The van der Waals surface area contributed by atoms with E-state index in [2.05, 4.69) is 16.0 Å². The molecule has 1 spiro atoms. The molecule has 558 valence electrons. The molecule has 7 fully saturated rings. The summed E-state index contributed by atoms with van der Waals surface area (Å²) in [4.78, 5) is 190. The van der Waals surface area contributed by atoms with Gasteiger partial charge in [-0.15, -0.1) is 11.6 Å². The van der Waals surface area contributed by atoms with Crippen LogP contribution in [0.5, 0.6) is 0 Å². The van der Waals surface area contributed by atoms with Crippen molar-refractivity contribution < 1.29 is 70.7 Å². The van der Waals surface area contributed by atoms with Gasteiger partial charge in [0.1, 0.15) is 47.8 Å². The number of carbonyl (C=O) groups is 12. The van der Waals surface area contributed by atoms with E-state index in [0.29, 0.717) is 51.6 Å². The molecule has 28 heteroatoms. The first-order chi connectivity index (χ1) is 46.7. The van der Waals surface area contributed by atoms with Gasteiger partial charge in [-0.2, -0.15) is 13.2 Å². The normalized spacial score (nSPS) is 30.1. The highest BCUT2D eigenvalue weighted by atomic mass is 35.5. The van der Waals surface area contributed by atoms with Crippen molar-refractivity contribution in [3.8, 4) is 0 Å². The van der Waals surface area contributed by atoms with Crippen LogP contribution in [0.1, 0.15) is 195 Å². The minimum Gasteiger partial charge on any atom is -0.343 e. The second-order valence-corrected chi connectivity index (χ2v) is 31.1. The molecule has 0 radical (unpaired) electrons. The van der Waals surface area contributed by atoms with Crippen LogP contribution in [0.4, 0.5) is 13.2 Å². The molecule has 4 aliphatic carbocycles. The van der Waals surface area contributed by atoms with Crippen LogP contribution in [-0.4, -0.2) is 263 Å². The van der Waals surface area contributed by atoms with E-state index in [-0.39, 0.29) is 88.5 Å². The number of hydrogen-bond donors (Lipinski definition) is 3. The van der Waals surface area contributed by atoms with Gasteiger partial charge < -0.3 is 60.0 Å². The second-order valence-electron chi connectivity index (χ2n) is 30.5. The number of nitrogens with one attached hydrogen (secondary N) is 3. The number of carbonyl (C=O) groups excluding carboxylic acids is 12. The summed E-state index contributed by atoms with van der Waals surface area (Å²) in [5.74, 6) is -10.5. The first-order valence-corrected chi connectivity index (χ1v) is 37.1. The van der Waals surface area contributed by atoms with E-state index < -0.39 is 174 Å². The Hall–Kier alpha value is -6.28. The third kappa shape index (κ3) is 20.1. The van der Waals surface area contributed by atoms with Crippen molar-refractivity contribution in [2.45, 2.75) is 254 Å². The van der Waals surface area contributed by atoms with Gasteiger partial charge in [0, 0.05) is 74.3 Å². The molecule has 11 atom stereocenters. The van der Waals surface area contributed by atoms with Gasteiger partial charge in [-0.05, 0) is 119 Å². The average molecular weight is 1420 g/mol. The number of alkyl halides is 4. The zero-order valence-corrected chi connectivity index (χ0v) is 61.4. The first kappa shape index (κ1) is 80.0. The highest BCUT2D eigenvalue weighted by Crippen LogP contribution is 2.44. The smallest absolute Gasteiger partial charge is 0.343 e. The molecule has 99 heavy (non-hydrogen) atoms. The van der Waals surface area contributed by atoms with Crippen LogP contribution in [0.2, 0.25) is 0 Å². The summed E-state index contributed by atoms with van der Waals surface area (Å²) in [5.41, 5.74) is -1.56. The van der Waals surface area contributed by atoms with Crippen molar-refractivity contribution in [2.75, 3.05) is 88.6 Å². The van der Waals surface area contributed by atoms with Crippen molar-refractivity contribution in [2.24, 2.45) is 35.5 Å². The van der Waals surface area contributed by atoms with Crippen LogP contribution in [0.3, 0.4) is 0 Å². The van der Waals surface area contributed by atoms with E-state index in [4.69, 9.17) is 11.6 Å². The Balaban J connectivity index is 1.25. The predicted octanol–water partition coefficient (Wildman–Crippen LogP) is 5.70. The zero-order valence-electron chi connectivity index (χ0n) is 60.6. The number of amides is 12. The van der Waals surface area contributed by atoms with Crippen LogP contribution in [0.15, 0.2) is 0 Å². The highest BCUT2D eigenvalue weighted by molar-refractivity contribution is 6.21. The fraction of sp³-hybridized carbons (Fsp3) is 0.831. The van der Waals surface area contributed by atoms with E-state index in [1.165, 1.54) is 78.7 Å². The summed E-state index contributed by atoms with van der Waals surface area (Å²) in [6.07, 6.45) is 6.99. The predicted molar refractivity (Wildman–Crippen MR) is 365 cm³/mol. The maximum Gasteiger partial charge on any atom is 0.393 e. The van der Waals surface area contributed by atoms with Crippen molar-refractivity contribution in [3.05, 3.63) is 0 Å². The maximum absolute atomic E-state index is 15.5. The molecule has 3 N–H and O–H groups in total. The van der Waals surface area contributed by atoms with Crippen LogP contribution < -0.4 is 16.0 Å². The Morgan fingerprint density at radius 2 is 1.15 bits per heavy atom. The van der Waals surface area contributed by atoms with Gasteiger partial charge in [0.15, 0.2) is 0 Å². The van der Waals surface area contributed by atoms with Gasteiger partial charge in [0.25, 0.3) is 0 Å². The molecule has 24 nitrogen and oxygen atoms in total. The van der Waals surface area contributed by atoms with E-state index in [0.717, 1.165) is 67.6 Å². The van der Waals surface area contributed by atoms with Gasteiger partial charge in [-0.25, -0.2) is 0 Å². The highest BCUT2D eigenvalue weighted by Gasteiger charge is 2.52. The van der Waals surface area contributed by atoms with E-state index in [1.807, 2.05) is 6.92 Å². The molecule has 0 aromatic rings. The Morgan fingerprint density at radius 1 is 0.566 bits per heavy atom. The summed E-state index contributed by atoms with van der Waals surface area (Å²) in [7, 11) is 10.0. The Bertz CT molecular complexity index is 2890. The molecule has 0 bridgehead atoms. The maximum atomic E-state index is 15.5. The topological polar surface area (TPSA) is 270 Å². The summed E-state index contributed by atoms with van der Waals surface area (Å²) in [6, 6.07) is -8.53. The fourth-order valence-electron chi connectivity index (χ4n) is 16.2. The average Bonchev–Trinajstić information content (AvgIpc) is 1.75.